The number of anilines is 1. The number of nitriles is 1. The van der Waals surface area contributed by atoms with Gasteiger partial charge in [-0.05, 0) is 37.0 Å². The highest BCUT2D eigenvalue weighted by Crippen LogP contribution is 2.38. The molecule has 0 saturated carbocycles. The van der Waals surface area contributed by atoms with Crippen LogP contribution in [0.1, 0.15) is 24.0 Å². The third kappa shape index (κ3) is 3.05. The molecule has 1 fully saturated rings. The van der Waals surface area contributed by atoms with Crippen LogP contribution in [0.3, 0.4) is 0 Å². The van der Waals surface area contributed by atoms with E-state index in [0.717, 1.165) is 18.9 Å². The van der Waals surface area contributed by atoms with Crippen molar-refractivity contribution in [3.63, 3.8) is 0 Å². The van der Waals surface area contributed by atoms with Gasteiger partial charge in [-0.1, -0.05) is 0 Å². The van der Waals surface area contributed by atoms with Crippen molar-refractivity contribution in [2.45, 2.75) is 19.0 Å². The van der Waals surface area contributed by atoms with Crippen molar-refractivity contribution in [3.05, 3.63) is 29.3 Å². The molecular formula is C14H15F3N2O. The molecule has 1 unspecified atom stereocenters. The summed E-state index contributed by atoms with van der Waals surface area (Å²) in [5.74, 6) is 0.000442. The maximum atomic E-state index is 13.1. The monoisotopic (exact) mass is 284 g/mol. The molecule has 1 aliphatic heterocycles. The highest BCUT2D eigenvalue weighted by molar-refractivity contribution is 5.58. The van der Waals surface area contributed by atoms with Crippen LogP contribution < -0.4 is 4.90 Å². The number of piperidine rings is 1. The molecule has 0 radical (unpaired) electrons. The SMILES string of the molecule is N#Cc1ccc(N2CCCC(CO)C2)c(C(F)(F)F)c1. The predicted molar refractivity (Wildman–Crippen MR) is 68.2 cm³/mol. The van der Waals surface area contributed by atoms with E-state index in [9.17, 15) is 18.3 Å². The first-order chi connectivity index (χ1) is 9.45. The molecule has 1 aromatic carbocycles. The molecule has 1 N–H and O–H groups in total. The molecule has 20 heavy (non-hydrogen) atoms. The summed E-state index contributed by atoms with van der Waals surface area (Å²) in [4.78, 5) is 1.65. The molecule has 0 spiro atoms. The lowest BCUT2D eigenvalue weighted by Gasteiger charge is -2.35. The van der Waals surface area contributed by atoms with Crippen molar-refractivity contribution in [1.82, 2.24) is 0 Å². The third-order valence-corrected chi connectivity index (χ3v) is 3.55. The first kappa shape index (κ1) is 14.7. The van der Waals surface area contributed by atoms with E-state index in [1.54, 1.807) is 11.0 Å². The van der Waals surface area contributed by atoms with Gasteiger partial charge < -0.3 is 10.0 Å². The zero-order valence-corrected chi connectivity index (χ0v) is 10.8. The lowest BCUT2D eigenvalue weighted by Crippen LogP contribution is -2.37. The minimum absolute atomic E-state index is 0.000442. The molecule has 2 rings (SSSR count). The average Bonchev–Trinajstić information content (AvgIpc) is 2.45. The van der Waals surface area contributed by atoms with Gasteiger partial charge in [-0.3, -0.25) is 0 Å². The first-order valence-electron chi connectivity index (χ1n) is 6.43. The number of aliphatic hydroxyl groups excluding tert-OH is 1. The van der Waals surface area contributed by atoms with Crippen LogP contribution in [0, 0.1) is 17.2 Å². The van der Waals surface area contributed by atoms with E-state index in [4.69, 9.17) is 5.26 Å². The standard InChI is InChI=1S/C14H15F3N2O/c15-14(16,17)12-6-10(7-18)3-4-13(12)19-5-1-2-11(8-19)9-20/h3-4,6,11,20H,1-2,5,8-9H2. The lowest BCUT2D eigenvalue weighted by molar-refractivity contribution is -0.137. The summed E-state index contributed by atoms with van der Waals surface area (Å²) >= 11 is 0. The Kier molecular flexibility index (Phi) is 4.19. The maximum absolute atomic E-state index is 13.1. The van der Waals surface area contributed by atoms with Crippen LogP contribution >= 0.6 is 0 Å². The van der Waals surface area contributed by atoms with E-state index in [1.807, 2.05) is 0 Å². The van der Waals surface area contributed by atoms with Crippen LogP contribution in [0.2, 0.25) is 0 Å². The number of hydrogen-bond donors (Lipinski definition) is 1. The Labute approximate surface area is 115 Å². The molecule has 6 heteroatoms. The number of rotatable bonds is 2. The van der Waals surface area contributed by atoms with Crippen LogP contribution in [-0.4, -0.2) is 24.8 Å². The van der Waals surface area contributed by atoms with Gasteiger partial charge in [0.2, 0.25) is 0 Å². The number of benzene rings is 1. The summed E-state index contributed by atoms with van der Waals surface area (Å²) < 4.78 is 39.3. The molecule has 1 aliphatic rings. The summed E-state index contributed by atoms with van der Waals surface area (Å²) in [6.45, 7) is 0.922. The Morgan fingerprint density at radius 2 is 2.15 bits per heavy atom. The molecule has 0 aliphatic carbocycles. The zero-order chi connectivity index (χ0) is 14.8. The Morgan fingerprint density at radius 1 is 1.40 bits per heavy atom. The van der Waals surface area contributed by atoms with Crippen molar-refractivity contribution < 1.29 is 18.3 Å². The minimum atomic E-state index is -4.49. The van der Waals surface area contributed by atoms with E-state index in [1.165, 1.54) is 12.1 Å². The van der Waals surface area contributed by atoms with Crippen molar-refractivity contribution >= 4 is 5.69 Å². The van der Waals surface area contributed by atoms with E-state index < -0.39 is 11.7 Å². The van der Waals surface area contributed by atoms with Crippen LogP contribution in [0.5, 0.6) is 0 Å². The summed E-state index contributed by atoms with van der Waals surface area (Å²) in [6, 6.07) is 5.36. The van der Waals surface area contributed by atoms with Gasteiger partial charge >= 0.3 is 6.18 Å². The van der Waals surface area contributed by atoms with Crippen LogP contribution in [0.4, 0.5) is 18.9 Å². The number of hydrogen-bond acceptors (Lipinski definition) is 3. The van der Waals surface area contributed by atoms with E-state index in [2.05, 4.69) is 0 Å². The summed E-state index contributed by atoms with van der Waals surface area (Å²) in [6.07, 6.45) is -2.92. The van der Waals surface area contributed by atoms with E-state index >= 15 is 0 Å². The molecule has 0 aromatic heterocycles. The normalized spacial score (nSPS) is 19.8. The summed E-state index contributed by atoms with van der Waals surface area (Å²) in [5.41, 5.74) is -0.693. The highest BCUT2D eigenvalue weighted by atomic mass is 19.4. The Hall–Kier alpha value is -1.74. The van der Waals surface area contributed by atoms with Gasteiger partial charge in [0.25, 0.3) is 0 Å². The molecule has 1 saturated heterocycles. The van der Waals surface area contributed by atoms with Gasteiger partial charge in [0.1, 0.15) is 0 Å². The zero-order valence-electron chi connectivity index (χ0n) is 10.8. The van der Waals surface area contributed by atoms with Crippen molar-refractivity contribution in [1.29, 1.82) is 5.26 Å². The molecule has 3 nitrogen and oxygen atoms in total. The van der Waals surface area contributed by atoms with Gasteiger partial charge in [-0.25, -0.2) is 0 Å². The first-order valence-corrected chi connectivity index (χ1v) is 6.43. The molecule has 108 valence electrons. The molecule has 1 atom stereocenters. The van der Waals surface area contributed by atoms with Crippen LogP contribution in [-0.2, 0) is 6.18 Å². The number of nitrogens with zero attached hydrogens (tertiary/aromatic N) is 2. The van der Waals surface area contributed by atoms with Gasteiger partial charge in [0.05, 0.1) is 17.2 Å². The fourth-order valence-corrected chi connectivity index (χ4v) is 2.54. The minimum Gasteiger partial charge on any atom is -0.396 e. The molecule has 0 bridgehead atoms. The molecule has 1 aromatic rings. The topological polar surface area (TPSA) is 47.3 Å². The molecular weight excluding hydrogens is 269 g/mol. The fraction of sp³-hybridized carbons (Fsp3) is 0.500. The number of alkyl halides is 3. The Bertz CT molecular complexity index is 522. The predicted octanol–water partition coefficient (Wildman–Crippen LogP) is 2.79. The van der Waals surface area contributed by atoms with Crippen LogP contribution in [0.25, 0.3) is 0 Å². The Morgan fingerprint density at radius 3 is 2.75 bits per heavy atom. The lowest BCUT2D eigenvalue weighted by atomic mass is 9.97. The number of halogens is 3. The second-order valence-electron chi connectivity index (χ2n) is 4.98. The fourth-order valence-electron chi connectivity index (χ4n) is 2.54. The van der Waals surface area contributed by atoms with E-state index in [-0.39, 0.29) is 23.8 Å². The van der Waals surface area contributed by atoms with Gasteiger partial charge in [0.15, 0.2) is 0 Å². The second kappa shape index (κ2) is 5.71. The van der Waals surface area contributed by atoms with Crippen molar-refractivity contribution in [2.24, 2.45) is 5.92 Å². The largest absolute Gasteiger partial charge is 0.418 e. The van der Waals surface area contributed by atoms with Gasteiger partial charge in [-0.2, -0.15) is 18.4 Å². The number of aliphatic hydroxyl groups is 1. The molecule has 0 amide bonds. The third-order valence-electron chi connectivity index (χ3n) is 3.55. The van der Waals surface area contributed by atoms with Gasteiger partial charge in [0, 0.05) is 25.4 Å². The average molecular weight is 284 g/mol. The summed E-state index contributed by atoms with van der Waals surface area (Å²) in [5, 5.41) is 17.9. The smallest absolute Gasteiger partial charge is 0.396 e. The van der Waals surface area contributed by atoms with Crippen molar-refractivity contribution in [2.75, 3.05) is 24.6 Å². The Balaban J connectivity index is 2.38. The van der Waals surface area contributed by atoms with Gasteiger partial charge in [-0.15, -0.1) is 0 Å². The van der Waals surface area contributed by atoms with Crippen LogP contribution in [0.15, 0.2) is 18.2 Å². The quantitative estimate of drug-likeness (QED) is 0.908. The second-order valence-corrected chi connectivity index (χ2v) is 4.98. The summed E-state index contributed by atoms with van der Waals surface area (Å²) in [7, 11) is 0. The van der Waals surface area contributed by atoms with E-state index in [0.29, 0.717) is 13.1 Å². The molecule has 1 heterocycles. The maximum Gasteiger partial charge on any atom is 0.418 e. The highest BCUT2D eigenvalue weighted by Gasteiger charge is 2.36. The van der Waals surface area contributed by atoms with Crippen molar-refractivity contribution in [3.8, 4) is 6.07 Å².